The van der Waals surface area contributed by atoms with Crippen molar-refractivity contribution in [2.24, 2.45) is 17.6 Å². The van der Waals surface area contributed by atoms with Gasteiger partial charge in [0.25, 0.3) is 0 Å². The summed E-state index contributed by atoms with van der Waals surface area (Å²) < 4.78 is 43.1. The van der Waals surface area contributed by atoms with Crippen LogP contribution in [-0.4, -0.2) is 18.5 Å². The number of hydrogen-bond donors (Lipinski definition) is 3. The van der Waals surface area contributed by atoms with Crippen molar-refractivity contribution < 1.29 is 22.7 Å². The summed E-state index contributed by atoms with van der Waals surface area (Å²) >= 11 is 0. The third kappa shape index (κ3) is 6.45. The number of alkyl halides is 3. The average molecular weight is 380 g/mol. The molecule has 0 aromatic heterocycles. The molecule has 0 unspecified atom stereocenters. The summed E-state index contributed by atoms with van der Waals surface area (Å²) in [5, 5.41) is 9.88. The van der Waals surface area contributed by atoms with E-state index in [-0.39, 0.29) is 30.0 Å². The Labute approximate surface area is 150 Å². The summed E-state index contributed by atoms with van der Waals surface area (Å²) in [4.78, 5) is 12.1. The van der Waals surface area contributed by atoms with E-state index in [9.17, 15) is 18.0 Å². The van der Waals surface area contributed by atoms with Crippen LogP contribution in [0.15, 0.2) is 24.3 Å². The Bertz CT molecular complexity index is 603. The molecule has 25 heavy (non-hydrogen) atoms. The van der Waals surface area contributed by atoms with Crippen molar-refractivity contribution in [1.82, 2.24) is 5.32 Å². The molecule has 5 nitrogen and oxygen atoms in total. The van der Waals surface area contributed by atoms with Gasteiger partial charge in [0.2, 0.25) is 0 Å². The van der Waals surface area contributed by atoms with E-state index in [0.29, 0.717) is 25.3 Å². The average Bonchev–Trinajstić information content (AvgIpc) is 2.53. The Hall–Kier alpha value is -1.96. The van der Waals surface area contributed by atoms with Gasteiger partial charge in [-0.1, -0.05) is 6.07 Å². The molecule has 1 aromatic carbocycles. The van der Waals surface area contributed by atoms with Crippen molar-refractivity contribution in [2.75, 3.05) is 6.54 Å². The fraction of sp³-hybridized carbons (Fsp3) is 0.500. The molecule has 0 spiro atoms. The number of ether oxygens (including phenoxy) is 1. The van der Waals surface area contributed by atoms with E-state index in [2.05, 4.69) is 5.32 Å². The number of benzene rings is 1. The number of carbonyl (C=O) groups excluding carboxylic acids is 1. The fourth-order valence-corrected chi connectivity index (χ4v) is 2.79. The van der Waals surface area contributed by atoms with E-state index in [1.54, 1.807) is 0 Å². The standard InChI is InChI=1S/C16H20F3N3O2.ClH/c17-16(18,19)12-2-1-3-13(8-12)24-14(23)11-6-4-10(5-7-11)9-22-15(20)21;/h1-3,8,10-11H,4-7,9H2,(H4,20,21,22);1H/t10-,11-;. The van der Waals surface area contributed by atoms with Crippen LogP contribution in [-0.2, 0) is 11.0 Å². The van der Waals surface area contributed by atoms with Crippen molar-refractivity contribution in [3.05, 3.63) is 29.8 Å². The van der Waals surface area contributed by atoms with Gasteiger partial charge in [0.1, 0.15) is 5.75 Å². The summed E-state index contributed by atoms with van der Waals surface area (Å²) in [5.74, 6) is -0.650. The Morgan fingerprint density at radius 3 is 2.48 bits per heavy atom. The van der Waals surface area contributed by atoms with Crippen LogP contribution in [0.4, 0.5) is 13.2 Å². The van der Waals surface area contributed by atoms with E-state index in [1.165, 1.54) is 12.1 Å². The normalized spacial score (nSPS) is 20.3. The van der Waals surface area contributed by atoms with Crippen LogP contribution in [0, 0.1) is 17.2 Å². The highest BCUT2D eigenvalue weighted by atomic mass is 35.5. The Kier molecular flexibility index (Phi) is 7.54. The van der Waals surface area contributed by atoms with Gasteiger partial charge in [-0.15, -0.1) is 12.4 Å². The lowest BCUT2D eigenvalue weighted by atomic mass is 9.82. The quantitative estimate of drug-likeness (QED) is 0.324. The maximum absolute atomic E-state index is 12.7. The zero-order valence-corrected chi connectivity index (χ0v) is 14.3. The van der Waals surface area contributed by atoms with Crippen LogP contribution >= 0.6 is 12.4 Å². The van der Waals surface area contributed by atoms with E-state index in [4.69, 9.17) is 15.9 Å². The molecule has 9 heteroatoms. The Balaban J connectivity index is 0.00000312. The molecule has 0 radical (unpaired) electrons. The molecule has 0 amide bonds. The SMILES string of the molecule is Cl.N=C(N)NC[C@H]1CC[C@H](C(=O)Oc2cccc(C(F)(F)F)c2)CC1. The Morgan fingerprint density at radius 1 is 1.28 bits per heavy atom. The number of carbonyl (C=O) groups is 1. The van der Waals surface area contributed by atoms with Crippen molar-refractivity contribution >= 4 is 24.3 Å². The predicted molar refractivity (Wildman–Crippen MR) is 89.7 cm³/mol. The van der Waals surface area contributed by atoms with Gasteiger partial charge in [-0.2, -0.15) is 13.2 Å². The van der Waals surface area contributed by atoms with Gasteiger partial charge in [0.15, 0.2) is 5.96 Å². The molecule has 1 aliphatic rings. The second-order valence-electron chi connectivity index (χ2n) is 5.96. The van der Waals surface area contributed by atoms with Crippen LogP contribution in [0.2, 0.25) is 0 Å². The van der Waals surface area contributed by atoms with Crippen LogP contribution in [0.1, 0.15) is 31.2 Å². The van der Waals surface area contributed by atoms with Crippen LogP contribution < -0.4 is 15.8 Å². The highest BCUT2D eigenvalue weighted by Crippen LogP contribution is 2.33. The highest BCUT2D eigenvalue weighted by molar-refractivity contribution is 5.85. The lowest BCUT2D eigenvalue weighted by Gasteiger charge is -2.27. The van der Waals surface area contributed by atoms with Crippen molar-refractivity contribution in [2.45, 2.75) is 31.9 Å². The first-order valence-electron chi connectivity index (χ1n) is 7.72. The maximum Gasteiger partial charge on any atom is 0.416 e. The zero-order valence-electron chi connectivity index (χ0n) is 13.4. The largest absolute Gasteiger partial charge is 0.426 e. The molecule has 1 aromatic rings. The van der Waals surface area contributed by atoms with Gasteiger partial charge in [-0.3, -0.25) is 10.2 Å². The summed E-state index contributed by atoms with van der Waals surface area (Å²) in [5.41, 5.74) is 4.39. The van der Waals surface area contributed by atoms with Gasteiger partial charge in [0.05, 0.1) is 11.5 Å². The lowest BCUT2D eigenvalue weighted by molar-refractivity contribution is -0.141. The third-order valence-corrected chi connectivity index (χ3v) is 4.14. The maximum atomic E-state index is 12.7. The molecular weight excluding hydrogens is 359 g/mol. The number of nitrogens with two attached hydrogens (primary N) is 1. The third-order valence-electron chi connectivity index (χ3n) is 4.14. The van der Waals surface area contributed by atoms with Crippen LogP contribution in [0.25, 0.3) is 0 Å². The van der Waals surface area contributed by atoms with Crippen LogP contribution in [0.3, 0.4) is 0 Å². The van der Waals surface area contributed by atoms with Crippen LogP contribution in [0.5, 0.6) is 5.75 Å². The van der Waals surface area contributed by atoms with E-state index in [0.717, 1.165) is 25.0 Å². The minimum atomic E-state index is -4.47. The summed E-state index contributed by atoms with van der Waals surface area (Å²) in [6.07, 6.45) is -1.68. The summed E-state index contributed by atoms with van der Waals surface area (Å²) in [7, 11) is 0. The van der Waals surface area contributed by atoms with E-state index < -0.39 is 17.7 Å². The second-order valence-corrected chi connectivity index (χ2v) is 5.96. The molecule has 1 saturated carbocycles. The summed E-state index contributed by atoms with van der Waals surface area (Å²) in [6.45, 7) is 0.588. The minimum Gasteiger partial charge on any atom is -0.426 e. The number of rotatable bonds is 4. The fourth-order valence-electron chi connectivity index (χ4n) is 2.79. The number of guanidine groups is 1. The highest BCUT2D eigenvalue weighted by Gasteiger charge is 2.31. The van der Waals surface area contributed by atoms with E-state index >= 15 is 0 Å². The van der Waals surface area contributed by atoms with Crippen molar-refractivity contribution in [3.8, 4) is 5.75 Å². The van der Waals surface area contributed by atoms with Gasteiger partial charge in [-0.05, 0) is 49.8 Å². The summed E-state index contributed by atoms with van der Waals surface area (Å²) in [6, 6.07) is 4.33. The van der Waals surface area contributed by atoms with E-state index in [1.807, 2.05) is 0 Å². The number of hydrogen-bond acceptors (Lipinski definition) is 3. The first-order chi connectivity index (χ1) is 11.3. The molecule has 2 rings (SSSR count). The molecule has 0 atom stereocenters. The van der Waals surface area contributed by atoms with Crippen molar-refractivity contribution in [3.63, 3.8) is 0 Å². The first kappa shape index (κ1) is 21.1. The van der Waals surface area contributed by atoms with Gasteiger partial charge >= 0.3 is 12.1 Å². The minimum absolute atomic E-state index is 0. The number of halogens is 4. The second kappa shape index (κ2) is 8.94. The zero-order chi connectivity index (χ0) is 17.7. The first-order valence-corrected chi connectivity index (χ1v) is 7.72. The number of esters is 1. The van der Waals surface area contributed by atoms with Gasteiger partial charge < -0.3 is 15.8 Å². The lowest BCUT2D eigenvalue weighted by Crippen LogP contribution is -2.36. The number of nitrogens with one attached hydrogen (secondary N) is 2. The smallest absolute Gasteiger partial charge is 0.416 e. The monoisotopic (exact) mass is 379 g/mol. The molecule has 0 bridgehead atoms. The molecule has 0 aliphatic heterocycles. The van der Waals surface area contributed by atoms with Crippen molar-refractivity contribution in [1.29, 1.82) is 5.41 Å². The molecule has 4 N–H and O–H groups in total. The molecule has 1 aliphatic carbocycles. The van der Waals surface area contributed by atoms with Gasteiger partial charge in [-0.25, -0.2) is 0 Å². The predicted octanol–water partition coefficient (Wildman–Crippen LogP) is 3.32. The Morgan fingerprint density at radius 2 is 1.92 bits per heavy atom. The topological polar surface area (TPSA) is 88.2 Å². The molecule has 140 valence electrons. The molecule has 1 fully saturated rings. The van der Waals surface area contributed by atoms with Gasteiger partial charge in [0, 0.05) is 6.54 Å². The molecular formula is C16H21ClF3N3O2. The molecule has 0 saturated heterocycles. The molecule has 0 heterocycles.